The van der Waals surface area contributed by atoms with Gasteiger partial charge < -0.3 is 0 Å². The quantitative estimate of drug-likeness (QED) is 0.448. The van der Waals surface area contributed by atoms with E-state index in [0.29, 0.717) is 0 Å². The standard InChI is InChI=1S/C20H15ClN4S/c21-17-13-11-16(12-14-17)19(15-7-3-1-4-8-15)26-20-22-23-24-25(20)18-9-5-2-6-10-18/h1-14,19H/t19-/m0/s1. The van der Waals surface area contributed by atoms with Crippen LogP contribution in [0.3, 0.4) is 0 Å². The summed E-state index contributed by atoms with van der Waals surface area (Å²) in [5.74, 6) is 0. The molecule has 0 aliphatic rings. The maximum Gasteiger partial charge on any atom is 0.215 e. The molecule has 0 fully saturated rings. The Labute approximate surface area is 160 Å². The van der Waals surface area contributed by atoms with Crippen molar-refractivity contribution < 1.29 is 0 Å². The van der Waals surface area contributed by atoms with Gasteiger partial charge in [-0.3, -0.25) is 0 Å². The molecule has 4 aromatic rings. The van der Waals surface area contributed by atoms with Gasteiger partial charge >= 0.3 is 0 Å². The summed E-state index contributed by atoms with van der Waals surface area (Å²) < 4.78 is 1.76. The summed E-state index contributed by atoms with van der Waals surface area (Å²) in [6.07, 6.45) is 0. The third kappa shape index (κ3) is 3.64. The van der Waals surface area contributed by atoms with E-state index < -0.39 is 0 Å². The molecule has 0 unspecified atom stereocenters. The van der Waals surface area contributed by atoms with Crippen LogP contribution in [0, 0.1) is 0 Å². The molecule has 1 aromatic heterocycles. The second kappa shape index (κ2) is 7.72. The molecule has 6 heteroatoms. The topological polar surface area (TPSA) is 43.6 Å². The maximum atomic E-state index is 6.07. The number of rotatable bonds is 5. The molecule has 0 aliphatic heterocycles. The normalized spacial score (nSPS) is 12.0. The van der Waals surface area contributed by atoms with Gasteiger partial charge in [0.15, 0.2) is 0 Å². The van der Waals surface area contributed by atoms with Gasteiger partial charge in [0.25, 0.3) is 0 Å². The third-order valence-electron chi connectivity index (χ3n) is 3.94. The van der Waals surface area contributed by atoms with Crippen molar-refractivity contribution in [3.8, 4) is 5.69 Å². The molecule has 0 spiro atoms. The third-order valence-corrected chi connectivity index (χ3v) is 5.44. The van der Waals surface area contributed by atoms with E-state index in [9.17, 15) is 0 Å². The lowest BCUT2D eigenvalue weighted by molar-refractivity contribution is 0.755. The monoisotopic (exact) mass is 378 g/mol. The van der Waals surface area contributed by atoms with Crippen molar-refractivity contribution in [3.63, 3.8) is 0 Å². The Balaban J connectivity index is 1.73. The highest BCUT2D eigenvalue weighted by Gasteiger charge is 2.20. The Morgan fingerprint density at radius 2 is 1.38 bits per heavy atom. The largest absolute Gasteiger partial charge is 0.215 e. The van der Waals surface area contributed by atoms with Gasteiger partial charge in [0.2, 0.25) is 5.16 Å². The van der Waals surface area contributed by atoms with Crippen molar-refractivity contribution in [2.45, 2.75) is 10.4 Å². The summed E-state index contributed by atoms with van der Waals surface area (Å²) >= 11 is 7.68. The molecule has 128 valence electrons. The van der Waals surface area contributed by atoms with E-state index in [2.05, 4.69) is 27.7 Å². The van der Waals surface area contributed by atoms with E-state index in [1.165, 1.54) is 5.56 Å². The van der Waals surface area contributed by atoms with E-state index in [1.54, 1.807) is 16.4 Å². The first kappa shape index (κ1) is 16.8. The Kier molecular flexibility index (Phi) is 5.00. The van der Waals surface area contributed by atoms with Crippen LogP contribution in [0.2, 0.25) is 5.02 Å². The van der Waals surface area contributed by atoms with Crippen LogP contribution in [0.4, 0.5) is 0 Å². The number of hydrogen-bond donors (Lipinski definition) is 0. The molecule has 0 radical (unpaired) electrons. The smallest absolute Gasteiger partial charge is 0.187 e. The van der Waals surface area contributed by atoms with Crippen LogP contribution in [0.1, 0.15) is 16.4 Å². The van der Waals surface area contributed by atoms with Gasteiger partial charge in [-0.25, -0.2) is 0 Å². The van der Waals surface area contributed by atoms with Crippen molar-refractivity contribution in [2.24, 2.45) is 0 Å². The minimum atomic E-state index is 0.0573. The lowest BCUT2D eigenvalue weighted by Gasteiger charge is -2.17. The molecule has 0 bridgehead atoms. The van der Waals surface area contributed by atoms with E-state index in [1.807, 2.05) is 72.8 Å². The number of aromatic nitrogens is 4. The number of thioether (sulfide) groups is 1. The fourth-order valence-electron chi connectivity index (χ4n) is 2.68. The molecule has 3 aromatic carbocycles. The minimum absolute atomic E-state index is 0.0573. The fourth-order valence-corrected chi connectivity index (χ4v) is 3.93. The number of hydrogen-bond acceptors (Lipinski definition) is 4. The molecular weight excluding hydrogens is 364 g/mol. The summed E-state index contributed by atoms with van der Waals surface area (Å²) in [5.41, 5.74) is 3.26. The first-order valence-corrected chi connectivity index (χ1v) is 9.38. The first-order valence-electron chi connectivity index (χ1n) is 8.12. The van der Waals surface area contributed by atoms with Gasteiger partial charge in [-0.05, 0) is 45.8 Å². The second-order valence-electron chi connectivity index (χ2n) is 5.67. The summed E-state index contributed by atoms with van der Waals surface area (Å²) in [7, 11) is 0. The van der Waals surface area contributed by atoms with Crippen molar-refractivity contribution in [1.29, 1.82) is 0 Å². The van der Waals surface area contributed by atoms with E-state index in [4.69, 9.17) is 11.6 Å². The van der Waals surface area contributed by atoms with Gasteiger partial charge in [-0.1, -0.05) is 84.0 Å². The average Bonchev–Trinajstić information content (AvgIpc) is 3.17. The van der Waals surface area contributed by atoms with Crippen LogP contribution in [-0.4, -0.2) is 20.2 Å². The zero-order valence-electron chi connectivity index (χ0n) is 13.7. The zero-order valence-corrected chi connectivity index (χ0v) is 15.3. The molecular formula is C20H15ClN4S. The molecule has 4 nitrogen and oxygen atoms in total. The molecule has 1 atom stereocenters. The molecule has 0 saturated carbocycles. The van der Waals surface area contributed by atoms with Gasteiger partial charge in [-0.2, -0.15) is 4.68 Å². The van der Waals surface area contributed by atoms with Crippen molar-refractivity contribution in [3.05, 3.63) is 101 Å². The van der Waals surface area contributed by atoms with Crippen LogP contribution in [-0.2, 0) is 0 Å². The maximum absolute atomic E-state index is 6.07. The van der Waals surface area contributed by atoms with E-state index in [0.717, 1.165) is 21.4 Å². The lowest BCUT2D eigenvalue weighted by Crippen LogP contribution is -2.02. The van der Waals surface area contributed by atoms with Crippen molar-refractivity contribution in [2.75, 3.05) is 0 Å². The molecule has 1 heterocycles. The van der Waals surface area contributed by atoms with Crippen LogP contribution in [0.15, 0.2) is 90.1 Å². The number of halogens is 1. The summed E-state index contributed by atoms with van der Waals surface area (Å²) in [4.78, 5) is 0. The minimum Gasteiger partial charge on any atom is -0.187 e. The molecule has 26 heavy (non-hydrogen) atoms. The summed E-state index contributed by atoms with van der Waals surface area (Å²) in [6.45, 7) is 0. The lowest BCUT2D eigenvalue weighted by atomic mass is 10.0. The Morgan fingerprint density at radius 3 is 2.08 bits per heavy atom. The predicted octanol–water partition coefficient (Wildman–Crippen LogP) is 5.20. The first-order chi connectivity index (χ1) is 12.8. The molecule has 0 saturated heterocycles. The van der Waals surface area contributed by atoms with E-state index >= 15 is 0 Å². The molecule has 0 amide bonds. The summed E-state index contributed by atoms with van der Waals surface area (Å²) in [5, 5.41) is 13.8. The Bertz CT molecular complexity index is 972. The highest BCUT2D eigenvalue weighted by atomic mass is 35.5. The van der Waals surface area contributed by atoms with E-state index in [-0.39, 0.29) is 5.25 Å². The van der Waals surface area contributed by atoms with Crippen molar-refractivity contribution >= 4 is 23.4 Å². The average molecular weight is 379 g/mol. The van der Waals surface area contributed by atoms with Gasteiger partial charge in [-0.15, -0.1) is 5.10 Å². The zero-order chi connectivity index (χ0) is 17.8. The number of nitrogens with zero attached hydrogens (tertiary/aromatic N) is 4. The fraction of sp³-hybridized carbons (Fsp3) is 0.0500. The van der Waals surface area contributed by atoms with Gasteiger partial charge in [0, 0.05) is 5.02 Å². The molecule has 0 N–H and O–H groups in total. The Morgan fingerprint density at radius 1 is 0.769 bits per heavy atom. The van der Waals surface area contributed by atoms with Crippen LogP contribution < -0.4 is 0 Å². The molecule has 4 rings (SSSR count). The van der Waals surface area contributed by atoms with Gasteiger partial charge in [0.1, 0.15) is 0 Å². The summed E-state index contributed by atoms with van der Waals surface area (Å²) in [6, 6.07) is 28.1. The second-order valence-corrected chi connectivity index (χ2v) is 7.18. The number of benzene rings is 3. The highest BCUT2D eigenvalue weighted by molar-refractivity contribution is 7.99. The van der Waals surface area contributed by atoms with Gasteiger partial charge in [0.05, 0.1) is 10.9 Å². The number of tetrazole rings is 1. The van der Waals surface area contributed by atoms with Crippen LogP contribution >= 0.6 is 23.4 Å². The Hall–Kier alpha value is -2.63. The van der Waals surface area contributed by atoms with Crippen LogP contribution in [0.25, 0.3) is 5.69 Å². The SMILES string of the molecule is Clc1ccc([C@@H](Sc2nnnn2-c2ccccc2)c2ccccc2)cc1. The molecule has 0 aliphatic carbocycles. The van der Waals surface area contributed by atoms with Crippen LogP contribution in [0.5, 0.6) is 0 Å². The van der Waals surface area contributed by atoms with Crippen molar-refractivity contribution in [1.82, 2.24) is 20.2 Å². The number of para-hydroxylation sites is 1. The predicted molar refractivity (Wildman–Crippen MR) is 105 cm³/mol. The highest BCUT2D eigenvalue weighted by Crippen LogP contribution is 2.40.